The molecule has 0 radical (unpaired) electrons. The van der Waals surface area contributed by atoms with Crippen LogP contribution in [0.25, 0.3) is 0 Å². The lowest BCUT2D eigenvalue weighted by atomic mass is 9.98. The number of nitrogens with zero attached hydrogens (tertiary/aromatic N) is 2. The Bertz CT molecular complexity index is 550. The van der Waals surface area contributed by atoms with Gasteiger partial charge in [0.25, 0.3) is 0 Å². The van der Waals surface area contributed by atoms with Crippen molar-refractivity contribution >= 4 is 0 Å². The Balaban J connectivity index is 2.10. The first kappa shape index (κ1) is 13.7. The van der Waals surface area contributed by atoms with Gasteiger partial charge in [-0.15, -0.1) is 0 Å². The molecular formula is C14H19FN4. The van der Waals surface area contributed by atoms with E-state index < -0.39 is 0 Å². The zero-order valence-corrected chi connectivity index (χ0v) is 11.2. The van der Waals surface area contributed by atoms with E-state index in [0.717, 1.165) is 29.8 Å². The van der Waals surface area contributed by atoms with Gasteiger partial charge in [0.15, 0.2) is 0 Å². The molecule has 0 bridgehead atoms. The van der Waals surface area contributed by atoms with E-state index in [-0.39, 0.29) is 11.9 Å². The summed E-state index contributed by atoms with van der Waals surface area (Å²) in [6.07, 6.45) is 5.33. The van der Waals surface area contributed by atoms with Gasteiger partial charge in [-0.25, -0.2) is 9.37 Å². The van der Waals surface area contributed by atoms with E-state index in [1.54, 1.807) is 12.3 Å². The molecule has 19 heavy (non-hydrogen) atoms. The average molecular weight is 262 g/mol. The van der Waals surface area contributed by atoms with Crippen molar-refractivity contribution < 1.29 is 4.39 Å². The topological polar surface area (TPSA) is 55.9 Å². The third kappa shape index (κ3) is 3.19. The zero-order chi connectivity index (χ0) is 13.8. The molecule has 1 atom stereocenters. The SMILES string of the molecule is Cc1cc(F)ccc1C(CCc1nccn1C)NN. The van der Waals surface area contributed by atoms with Gasteiger partial charge in [0, 0.05) is 31.9 Å². The van der Waals surface area contributed by atoms with Crippen molar-refractivity contribution in [2.75, 3.05) is 0 Å². The molecular weight excluding hydrogens is 243 g/mol. The van der Waals surface area contributed by atoms with Gasteiger partial charge < -0.3 is 4.57 Å². The number of halogens is 1. The van der Waals surface area contributed by atoms with Crippen molar-refractivity contribution in [2.45, 2.75) is 25.8 Å². The number of nitrogens with two attached hydrogens (primary N) is 1. The van der Waals surface area contributed by atoms with Crippen LogP contribution < -0.4 is 11.3 Å². The Morgan fingerprint density at radius 2 is 2.26 bits per heavy atom. The summed E-state index contributed by atoms with van der Waals surface area (Å²) >= 11 is 0. The van der Waals surface area contributed by atoms with Gasteiger partial charge in [-0.1, -0.05) is 6.07 Å². The predicted molar refractivity (Wildman–Crippen MR) is 72.7 cm³/mol. The molecule has 0 spiro atoms. The van der Waals surface area contributed by atoms with Crippen LogP contribution in [0.1, 0.15) is 29.4 Å². The van der Waals surface area contributed by atoms with E-state index in [2.05, 4.69) is 10.4 Å². The van der Waals surface area contributed by atoms with Gasteiger partial charge in [0.05, 0.1) is 0 Å². The molecule has 0 aliphatic carbocycles. The fourth-order valence-electron chi connectivity index (χ4n) is 2.27. The number of imidazole rings is 1. The molecule has 1 heterocycles. The van der Waals surface area contributed by atoms with Crippen LogP contribution in [0, 0.1) is 12.7 Å². The first-order valence-electron chi connectivity index (χ1n) is 6.30. The Morgan fingerprint density at radius 1 is 1.47 bits per heavy atom. The second-order valence-corrected chi connectivity index (χ2v) is 4.71. The number of nitrogens with one attached hydrogen (secondary N) is 1. The minimum atomic E-state index is -0.221. The van der Waals surface area contributed by atoms with Gasteiger partial charge >= 0.3 is 0 Å². The van der Waals surface area contributed by atoms with E-state index in [1.807, 2.05) is 24.7 Å². The van der Waals surface area contributed by atoms with Crippen LogP contribution in [0.2, 0.25) is 0 Å². The quantitative estimate of drug-likeness (QED) is 0.640. The summed E-state index contributed by atoms with van der Waals surface area (Å²) in [4.78, 5) is 4.29. The van der Waals surface area contributed by atoms with Crippen LogP contribution in [0.5, 0.6) is 0 Å². The lowest BCUT2D eigenvalue weighted by Crippen LogP contribution is -2.29. The molecule has 0 fully saturated rings. The Hall–Kier alpha value is -1.72. The highest BCUT2D eigenvalue weighted by atomic mass is 19.1. The van der Waals surface area contributed by atoms with Gasteiger partial charge in [-0.2, -0.15) is 0 Å². The van der Waals surface area contributed by atoms with Crippen LogP contribution in [0.3, 0.4) is 0 Å². The molecule has 0 saturated heterocycles. The normalized spacial score (nSPS) is 12.6. The van der Waals surface area contributed by atoms with Gasteiger partial charge in [0.1, 0.15) is 11.6 Å². The largest absolute Gasteiger partial charge is 0.338 e. The Kier molecular flexibility index (Phi) is 4.29. The fourth-order valence-corrected chi connectivity index (χ4v) is 2.27. The highest BCUT2D eigenvalue weighted by Gasteiger charge is 2.13. The standard InChI is InChI=1S/C14H19FN4/c1-10-9-11(15)3-4-12(10)13(18-16)5-6-14-17-7-8-19(14)2/h3-4,7-9,13,18H,5-6,16H2,1-2H3. The molecule has 4 nitrogen and oxygen atoms in total. The van der Waals surface area contributed by atoms with Crippen molar-refractivity contribution in [3.63, 3.8) is 0 Å². The van der Waals surface area contributed by atoms with Gasteiger partial charge in [-0.05, 0) is 36.6 Å². The third-order valence-electron chi connectivity index (χ3n) is 3.39. The third-order valence-corrected chi connectivity index (χ3v) is 3.39. The second-order valence-electron chi connectivity index (χ2n) is 4.71. The van der Waals surface area contributed by atoms with Gasteiger partial charge in [-0.3, -0.25) is 11.3 Å². The zero-order valence-electron chi connectivity index (χ0n) is 11.2. The van der Waals surface area contributed by atoms with Crippen molar-refractivity contribution in [1.29, 1.82) is 0 Å². The number of hydrazine groups is 1. The molecule has 0 aliphatic heterocycles. The lowest BCUT2D eigenvalue weighted by molar-refractivity contribution is 0.503. The summed E-state index contributed by atoms with van der Waals surface area (Å²) in [5.41, 5.74) is 4.73. The molecule has 0 aliphatic rings. The molecule has 102 valence electrons. The van der Waals surface area contributed by atoms with Crippen molar-refractivity contribution in [1.82, 2.24) is 15.0 Å². The van der Waals surface area contributed by atoms with E-state index in [9.17, 15) is 4.39 Å². The minimum absolute atomic E-state index is 0.00250. The number of benzene rings is 1. The van der Waals surface area contributed by atoms with E-state index >= 15 is 0 Å². The van der Waals surface area contributed by atoms with E-state index in [0.29, 0.717) is 0 Å². The maximum Gasteiger partial charge on any atom is 0.123 e. The number of aromatic nitrogens is 2. The highest BCUT2D eigenvalue weighted by Crippen LogP contribution is 2.22. The van der Waals surface area contributed by atoms with Crippen LogP contribution in [0.4, 0.5) is 4.39 Å². The Morgan fingerprint density at radius 3 is 2.84 bits per heavy atom. The average Bonchev–Trinajstić information content (AvgIpc) is 2.78. The van der Waals surface area contributed by atoms with Crippen molar-refractivity contribution in [3.8, 4) is 0 Å². The maximum atomic E-state index is 13.1. The summed E-state index contributed by atoms with van der Waals surface area (Å²) < 4.78 is 15.1. The fraction of sp³-hybridized carbons (Fsp3) is 0.357. The van der Waals surface area contributed by atoms with Crippen LogP contribution in [-0.2, 0) is 13.5 Å². The smallest absolute Gasteiger partial charge is 0.123 e. The van der Waals surface area contributed by atoms with Crippen molar-refractivity contribution in [2.24, 2.45) is 12.9 Å². The van der Waals surface area contributed by atoms with E-state index in [1.165, 1.54) is 12.1 Å². The molecule has 3 N–H and O–H groups in total. The molecule has 2 rings (SSSR count). The van der Waals surface area contributed by atoms with Crippen LogP contribution >= 0.6 is 0 Å². The summed E-state index contributed by atoms with van der Waals surface area (Å²) in [5.74, 6) is 6.41. The molecule has 1 unspecified atom stereocenters. The highest BCUT2D eigenvalue weighted by molar-refractivity contribution is 5.29. The molecule has 5 heteroatoms. The van der Waals surface area contributed by atoms with Crippen LogP contribution in [0.15, 0.2) is 30.6 Å². The first-order chi connectivity index (χ1) is 9.11. The number of rotatable bonds is 5. The summed E-state index contributed by atoms with van der Waals surface area (Å²) in [5, 5.41) is 0. The number of hydrogen-bond acceptors (Lipinski definition) is 3. The summed E-state index contributed by atoms with van der Waals surface area (Å²) in [6, 6.07) is 4.78. The molecule has 0 saturated carbocycles. The van der Waals surface area contributed by atoms with Crippen LogP contribution in [-0.4, -0.2) is 9.55 Å². The molecule has 2 aromatic rings. The number of hydrogen-bond donors (Lipinski definition) is 2. The maximum absolute atomic E-state index is 13.1. The lowest BCUT2D eigenvalue weighted by Gasteiger charge is -2.18. The molecule has 1 aromatic carbocycles. The molecule has 0 amide bonds. The molecule has 1 aromatic heterocycles. The van der Waals surface area contributed by atoms with E-state index in [4.69, 9.17) is 5.84 Å². The van der Waals surface area contributed by atoms with Gasteiger partial charge in [0.2, 0.25) is 0 Å². The summed E-state index contributed by atoms with van der Waals surface area (Å²) in [7, 11) is 1.97. The second kappa shape index (κ2) is 5.95. The number of aryl methyl sites for hydroxylation is 3. The first-order valence-corrected chi connectivity index (χ1v) is 6.30. The monoisotopic (exact) mass is 262 g/mol. The Labute approximate surface area is 112 Å². The minimum Gasteiger partial charge on any atom is -0.338 e. The van der Waals surface area contributed by atoms with Crippen molar-refractivity contribution in [3.05, 3.63) is 53.4 Å². The summed E-state index contributed by atoms with van der Waals surface area (Å²) in [6.45, 7) is 1.89. The predicted octanol–water partition coefficient (Wildman–Crippen LogP) is 2.00.